The molecule has 2 N–H and O–H groups in total. The Bertz CT molecular complexity index is 901. The van der Waals surface area contributed by atoms with Crippen LogP contribution in [0.3, 0.4) is 0 Å². The van der Waals surface area contributed by atoms with E-state index in [0.29, 0.717) is 40.9 Å². The van der Waals surface area contributed by atoms with Gasteiger partial charge >= 0.3 is 5.97 Å². The third-order valence-corrected chi connectivity index (χ3v) is 3.73. The number of carboxylic acid groups (broad SMARTS) is 1. The zero-order chi connectivity index (χ0) is 21.2. The van der Waals surface area contributed by atoms with Crippen molar-refractivity contribution >= 4 is 29.7 Å². The first kappa shape index (κ1) is 22.0. The minimum atomic E-state index is -1.11. The number of amides is 1. The van der Waals surface area contributed by atoms with Gasteiger partial charge < -0.3 is 19.3 Å². The van der Waals surface area contributed by atoms with Crippen LogP contribution in [-0.2, 0) is 4.79 Å². The lowest BCUT2D eigenvalue weighted by Gasteiger charge is -2.11. The molecule has 0 aliphatic carbocycles. The fourth-order valence-corrected chi connectivity index (χ4v) is 2.49. The summed E-state index contributed by atoms with van der Waals surface area (Å²) in [5.41, 5.74) is 3.15. The summed E-state index contributed by atoms with van der Waals surface area (Å²) >= 11 is 5.96. The molecule has 0 saturated heterocycles. The smallest absolute Gasteiger partial charge is 0.341 e. The minimum Gasteiger partial charge on any atom is -0.490 e. The molecule has 0 aliphatic heterocycles. The lowest BCUT2D eigenvalue weighted by Crippen LogP contribution is -2.18. The fraction of sp³-hybridized carbons (Fsp3) is 0.250. The number of hydrazone groups is 1. The Balaban J connectivity index is 2.12. The molecule has 9 heteroatoms. The van der Waals surface area contributed by atoms with Gasteiger partial charge in [-0.05, 0) is 50.2 Å². The predicted molar refractivity (Wildman–Crippen MR) is 108 cm³/mol. The molecule has 0 unspecified atom stereocenters. The molecule has 2 rings (SSSR count). The summed E-state index contributed by atoms with van der Waals surface area (Å²) in [7, 11) is 0. The maximum absolute atomic E-state index is 12.4. The van der Waals surface area contributed by atoms with Crippen molar-refractivity contribution in [1.29, 1.82) is 0 Å². The van der Waals surface area contributed by atoms with Gasteiger partial charge in [-0.25, -0.2) is 10.2 Å². The molecule has 2 aromatic carbocycles. The van der Waals surface area contributed by atoms with Crippen molar-refractivity contribution in [1.82, 2.24) is 5.43 Å². The van der Waals surface area contributed by atoms with Crippen LogP contribution in [0.2, 0.25) is 5.02 Å². The van der Waals surface area contributed by atoms with Gasteiger partial charge in [0, 0.05) is 16.1 Å². The van der Waals surface area contributed by atoms with E-state index in [0.717, 1.165) is 0 Å². The number of nitrogens with zero attached hydrogens (tertiary/aromatic N) is 1. The first-order valence-corrected chi connectivity index (χ1v) is 9.19. The quantitative estimate of drug-likeness (QED) is 0.451. The highest BCUT2D eigenvalue weighted by Crippen LogP contribution is 2.28. The van der Waals surface area contributed by atoms with E-state index < -0.39 is 18.5 Å². The van der Waals surface area contributed by atoms with Gasteiger partial charge in [0.1, 0.15) is 5.75 Å². The average molecular weight is 421 g/mol. The zero-order valence-electron chi connectivity index (χ0n) is 16.0. The van der Waals surface area contributed by atoms with Crippen LogP contribution < -0.4 is 19.6 Å². The number of carboxylic acids is 1. The topological polar surface area (TPSA) is 106 Å². The number of rotatable bonds is 10. The van der Waals surface area contributed by atoms with Crippen LogP contribution in [0.1, 0.15) is 29.8 Å². The summed E-state index contributed by atoms with van der Waals surface area (Å²) in [4.78, 5) is 23.1. The standard InChI is InChI=1S/C20H21ClN2O6/c1-3-27-17-7-5-13(10-18(17)28-4-2)20(26)23-22-11-14-9-15(21)6-8-16(14)29-12-19(24)25/h5-11H,3-4,12H2,1-2H3,(H,23,26)(H,24,25)/b22-11+. The summed E-state index contributed by atoms with van der Waals surface area (Å²) in [6.07, 6.45) is 1.32. The van der Waals surface area contributed by atoms with Gasteiger partial charge in [0.25, 0.3) is 5.91 Å². The van der Waals surface area contributed by atoms with E-state index in [1.807, 2.05) is 13.8 Å². The molecule has 0 heterocycles. The van der Waals surface area contributed by atoms with Gasteiger partial charge in [0.05, 0.1) is 19.4 Å². The van der Waals surface area contributed by atoms with Crippen LogP contribution in [0.5, 0.6) is 17.2 Å². The van der Waals surface area contributed by atoms with E-state index in [4.69, 9.17) is 30.9 Å². The second kappa shape index (κ2) is 10.9. The normalized spacial score (nSPS) is 10.6. The summed E-state index contributed by atoms with van der Waals surface area (Å²) in [6.45, 7) is 4.08. The Labute approximate surface area is 173 Å². The SMILES string of the molecule is CCOc1ccc(C(=O)N/N=C/c2cc(Cl)ccc2OCC(=O)O)cc1OCC. The average Bonchev–Trinajstić information content (AvgIpc) is 2.68. The molecule has 0 saturated carbocycles. The Hall–Kier alpha value is -3.26. The number of nitrogens with one attached hydrogen (secondary N) is 1. The van der Waals surface area contributed by atoms with Gasteiger partial charge in [-0.3, -0.25) is 4.79 Å². The van der Waals surface area contributed by atoms with Gasteiger partial charge in [-0.1, -0.05) is 11.6 Å². The molecule has 0 bridgehead atoms. The lowest BCUT2D eigenvalue weighted by atomic mass is 10.2. The molecule has 0 aromatic heterocycles. The van der Waals surface area contributed by atoms with Crippen LogP contribution in [0.25, 0.3) is 0 Å². The molecule has 1 amide bonds. The van der Waals surface area contributed by atoms with Crippen molar-refractivity contribution in [2.45, 2.75) is 13.8 Å². The number of benzene rings is 2. The number of carbonyl (C=O) groups is 2. The summed E-state index contributed by atoms with van der Waals surface area (Å²) in [6, 6.07) is 9.44. The van der Waals surface area contributed by atoms with Gasteiger partial charge in [0.2, 0.25) is 0 Å². The molecule has 8 nitrogen and oxygen atoms in total. The number of halogens is 1. The number of hydrogen-bond acceptors (Lipinski definition) is 6. The van der Waals surface area contributed by atoms with E-state index >= 15 is 0 Å². The van der Waals surface area contributed by atoms with Crippen LogP contribution in [-0.4, -0.2) is 43.0 Å². The van der Waals surface area contributed by atoms with Crippen molar-refractivity contribution < 1.29 is 28.9 Å². The highest BCUT2D eigenvalue weighted by Gasteiger charge is 2.11. The van der Waals surface area contributed by atoms with E-state index in [2.05, 4.69) is 10.5 Å². The second-order valence-electron chi connectivity index (χ2n) is 5.59. The van der Waals surface area contributed by atoms with E-state index in [-0.39, 0.29) is 5.75 Å². The molecule has 29 heavy (non-hydrogen) atoms. The summed E-state index contributed by atoms with van der Waals surface area (Å²) in [5.74, 6) is -0.287. The predicted octanol–water partition coefficient (Wildman–Crippen LogP) is 3.36. The second-order valence-corrected chi connectivity index (χ2v) is 6.03. The van der Waals surface area contributed by atoms with Crippen molar-refractivity contribution in [2.24, 2.45) is 5.10 Å². The molecule has 0 atom stereocenters. The lowest BCUT2D eigenvalue weighted by molar-refractivity contribution is -0.139. The summed E-state index contributed by atoms with van der Waals surface area (Å²) in [5, 5.41) is 13.1. The highest BCUT2D eigenvalue weighted by molar-refractivity contribution is 6.30. The van der Waals surface area contributed by atoms with Crippen molar-refractivity contribution in [3.8, 4) is 17.2 Å². The third kappa shape index (κ3) is 6.69. The number of aliphatic carboxylic acids is 1. The minimum absolute atomic E-state index is 0.273. The van der Waals surface area contributed by atoms with Gasteiger partial charge in [-0.2, -0.15) is 5.10 Å². The Morgan fingerprint density at radius 2 is 1.72 bits per heavy atom. The van der Waals surface area contributed by atoms with Crippen molar-refractivity contribution in [3.63, 3.8) is 0 Å². The Morgan fingerprint density at radius 3 is 2.41 bits per heavy atom. The number of ether oxygens (including phenoxy) is 3. The first-order valence-electron chi connectivity index (χ1n) is 8.81. The summed E-state index contributed by atoms with van der Waals surface area (Å²) < 4.78 is 16.2. The Morgan fingerprint density at radius 1 is 1.03 bits per heavy atom. The van der Waals surface area contributed by atoms with Crippen LogP contribution >= 0.6 is 11.6 Å². The molecule has 0 fully saturated rings. The van der Waals surface area contributed by atoms with Crippen molar-refractivity contribution in [3.05, 3.63) is 52.5 Å². The molecule has 2 aromatic rings. The van der Waals surface area contributed by atoms with Crippen LogP contribution in [0.15, 0.2) is 41.5 Å². The molecular weight excluding hydrogens is 400 g/mol. The van der Waals surface area contributed by atoms with Crippen LogP contribution in [0, 0.1) is 0 Å². The maximum atomic E-state index is 12.4. The number of carbonyl (C=O) groups excluding carboxylic acids is 1. The van der Waals surface area contributed by atoms with Gasteiger partial charge in [-0.15, -0.1) is 0 Å². The molecule has 0 spiro atoms. The van der Waals surface area contributed by atoms with E-state index in [9.17, 15) is 9.59 Å². The highest BCUT2D eigenvalue weighted by atomic mass is 35.5. The fourth-order valence-electron chi connectivity index (χ4n) is 2.31. The Kier molecular flexibility index (Phi) is 8.29. The molecule has 0 radical (unpaired) electrons. The van der Waals surface area contributed by atoms with Gasteiger partial charge in [0.15, 0.2) is 18.1 Å². The maximum Gasteiger partial charge on any atom is 0.341 e. The monoisotopic (exact) mass is 420 g/mol. The van der Waals surface area contributed by atoms with Crippen LogP contribution in [0.4, 0.5) is 0 Å². The largest absolute Gasteiger partial charge is 0.490 e. The number of hydrogen-bond donors (Lipinski definition) is 2. The van der Waals surface area contributed by atoms with Crippen molar-refractivity contribution in [2.75, 3.05) is 19.8 Å². The molecule has 0 aliphatic rings. The molecule has 154 valence electrons. The van der Waals surface area contributed by atoms with E-state index in [1.54, 1.807) is 30.3 Å². The molecular formula is C20H21ClN2O6. The first-order chi connectivity index (χ1) is 13.9. The van der Waals surface area contributed by atoms with E-state index in [1.165, 1.54) is 12.3 Å². The third-order valence-electron chi connectivity index (χ3n) is 3.50. The zero-order valence-corrected chi connectivity index (χ0v) is 16.7.